The van der Waals surface area contributed by atoms with E-state index in [4.69, 9.17) is 10.5 Å². The zero-order chi connectivity index (χ0) is 10.6. The molecule has 1 heterocycles. The third-order valence-electron chi connectivity index (χ3n) is 1.89. The van der Waals surface area contributed by atoms with Crippen molar-refractivity contribution in [2.24, 2.45) is 0 Å². The van der Waals surface area contributed by atoms with Crippen LogP contribution in [0.3, 0.4) is 0 Å². The predicted molar refractivity (Wildman–Crippen MR) is 54.1 cm³/mol. The first-order valence-electron chi connectivity index (χ1n) is 4.53. The van der Waals surface area contributed by atoms with Gasteiger partial charge < -0.3 is 10.5 Å². The van der Waals surface area contributed by atoms with E-state index in [1.54, 1.807) is 25.3 Å². The first-order valence-corrected chi connectivity index (χ1v) is 4.53. The number of aromatic nitrogens is 1. The van der Waals surface area contributed by atoms with Gasteiger partial charge >= 0.3 is 0 Å². The number of carbonyl (C=O) groups is 1. The number of ketones is 1. The van der Waals surface area contributed by atoms with Crippen LogP contribution in [0.2, 0.25) is 0 Å². The molecule has 0 radical (unpaired) electrons. The predicted octanol–water partition coefficient (Wildman–Crippen LogP) is 1.27. The largest absolute Gasteiger partial charge is 0.383 e. The van der Waals surface area contributed by atoms with E-state index < -0.39 is 6.10 Å². The average Bonchev–Trinajstić information content (AvgIpc) is 2.18. The molecular weight excluding hydrogens is 180 g/mol. The minimum Gasteiger partial charge on any atom is -0.383 e. The van der Waals surface area contributed by atoms with Crippen LogP contribution in [0.1, 0.15) is 24.2 Å². The second-order valence-electron chi connectivity index (χ2n) is 2.90. The number of Topliss-reactive ketones (excluding diaryl/α,β-unsaturated/α-hetero) is 1. The summed E-state index contributed by atoms with van der Waals surface area (Å²) in [6, 6.07) is 3.34. The molecule has 1 unspecified atom stereocenters. The molecule has 1 rings (SSSR count). The fourth-order valence-corrected chi connectivity index (χ4v) is 1.17. The van der Waals surface area contributed by atoms with Crippen molar-refractivity contribution in [2.75, 3.05) is 12.3 Å². The first-order chi connectivity index (χ1) is 6.66. The molecule has 0 fully saturated rings. The summed E-state index contributed by atoms with van der Waals surface area (Å²) in [7, 11) is 0. The van der Waals surface area contributed by atoms with Crippen LogP contribution >= 0.6 is 0 Å². The molecule has 0 amide bonds. The second-order valence-corrected chi connectivity index (χ2v) is 2.90. The summed E-state index contributed by atoms with van der Waals surface area (Å²) in [6.07, 6.45) is 1.09. The van der Waals surface area contributed by atoms with Crippen molar-refractivity contribution in [3.63, 3.8) is 0 Å². The standard InChI is InChI=1S/C10H14N2O2/c1-3-14-7(2)9(13)8-5-4-6-12-10(8)11/h4-7H,3H2,1-2H3,(H2,11,12). The molecule has 1 aromatic heterocycles. The highest BCUT2D eigenvalue weighted by Crippen LogP contribution is 2.11. The van der Waals surface area contributed by atoms with Gasteiger partial charge in [-0.1, -0.05) is 0 Å². The van der Waals surface area contributed by atoms with Crippen LogP contribution in [0.5, 0.6) is 0 Å². The van der Waals surface area contributed by atoms with E-state index in [0.717, 1.165) is 0 Å². The number of anilines is 1. The van der Waals surface area contributed by atoms with Crippen molar-refractivity contribution in [1.82, 2.24) is 4.98 Å². The molecule has 1 aromatic rings. The molecule has 0 bridgehead atoms. The molecule has 76 valence electrons. The summed E-state index contributed by atoms with van der Waals surface area (Å²) in [5.74, 6) is 0.126. The topological polar surface area (TPSA) is 65.2 Å². The molecule has 0 aliphatic carbocycles. The molecule has 4 nitrogen and oxygen atoms in total. The maximum atomic E-state index is 11.7. The van der Waals surface area contributed by atoms with Gasteiger partial charge in [-0.25, -0.2) is 4.98 Å². The van der Waals surface area contributed by atoms with Gasteiger partial charge in [0.25, 0.3) is 0 Å². The smallest absolute Gasteiger partial charge is 0.194 e. The molecule has 1 atom stereocenters. The third-order valence-corrected chi connectivity index (χ3v) is 1.89. The highest BCUT2D eigenvalue weighted by atomic mass is 16.5. The number of rotatable bonds is 4. The molecule has 14 heavy (non-hydrogen) atoms. The zero-order valence-corrected chi connectivity index (χ0v) is 8.36. The van der Waals surface area contributed by atoms with E-state index in [9.17, 15) is 4.79 Å². The molecule has 2 N–H and O–H groups in total. The van der Waals surface area contributed by atoms with Crippen LogP contribution in [0.15, 0.2) is 18.3 Å². The summed E-state index contributed by atoms with van der Waals surface area (Å²) in [5, 5.41) is 0. The van der Waals surface area contributed by atoms with Crippen molar-refractivity contribution in [1.29, 1.82) is 0 Å². The number of hydrogen-bond donors (Lipinski definition) is 1. The molecule has 0 saturated carbocycles. The number of ether oxygens (including phenoxy) is 1. The Hall–Kier alpha value is -1.42. The Kier molecular flexibility index (Phi) is 3.59. The quantitative estimate of drug-likeness (QED) is 0.733. The molecule has 0 aliphatic heterocycles. The van der Waals surface area contributed by atoms with Gasteiger partial charge in [-0.15, -0.1) is 0 Å². The molecule has 0 saturated heterocycles. The van der Waals surface area contributed by atoms with Gasteiger partial charge in [-0.05, 0) is 26.0 Å². The van der Waals surface area contributed by atoms with Crippen molar-refractivity contribution in [3.8, 4) is 0 Å². The van der Waals surface area contributed by atoms with E-state index >= 15 is 0 Å². The number of hydrogen-bond acceptors (Lipinski definition) is 4. The number of nitrogen functional groups attached to an aromatic ring is 1. The van der Waals surface area contributed by atoms with Gasteiger partial charge in [0.05, 0.1) is 5.56 Å². The second kappa shape index (κ2) is 4.72. The molecule has 4 heteroatoms. The fourth-order valence-electron chi connectivity index (χ4n) is 1.17. The van der Waals surface area contributed by atoms with E-state index in [-0.39, 0.29) is 11.6 Å². The number of nitrogens with zero attached hydrogens (tertiary/aromatic N) is 1. The van der Waals surface area contributed by atoms with Crippen LogP contribution in [-0.2, 0) is 4.74 Å². The van der Waals surface area contributed by atoms with E-state index in [0.29, 0.717) is 12.2 Å². The van der Waals surface area contributed by atoms with Crippen molar-refractivity contribution in [3.05, 3.63) is 23.9 Å². The van der Waals surface area contributed by atoms with Crippen LogP contribution in [-0.4, -0.2) is 23.5 Å². The Morgan fingerprint density at radius 3 is 3.00 bits per heavy atom. The minimum absolute atomic E-state index is 0.127. The first kappa shape index (κ1) is 10.7. The van der Waals surface area contributed by atoms with Gasteiger partial charge in [0, 0.05) is 12.8 Å². The lowest BCUT2D eigenvalue weighted by Crippen LogP contribution is -2.22. The van der Waals surface area contributed by atoms with Gasteiger partial charge in [0.2, 0.25) is 0 Å². The lowest BCUT2D eigenvalue weighted by Gasteiger charge is -2.10. The summed E-state index contributed by atoms with van der Waals surface area (Å²) in [5.41, 5.74) is 5.99. The van der Waals surface area contributed by atoms with E-state index in [1.807, 2.05) is 6.92 Å². The van der Waals surface area contributed by atoms with Gasteiger partial charge in [-0.2, -0.15) is 0 Å². The maximum absolute atomic E-state index is 11.7. The summed E-state index contributed by atoms with van der Waals surface area (Å²) < 4.78 is 5.18. The normalized spacial score (nSPS) is 12.4. The van der Waals surface area contributed by atoms with E-state index in [2.05, 4.69) is 4.98 Å². The van der Waals surface area contributed by atoms with Crippen molar-refractivity contribution >= 4 is 11.6 Å². The highest BCUT2D eigenvalue weighted by molar-refractivity contribution is 6.02. The Balaban J connectivity index is 2.84. The summed E-state index contributed by atoms with van der Waals surface area (Å²) >= 11 is 0. The van der Waals surface area contributed by atoms with Crippen molar-refractivity contribution in [2.45, 2.75) is 20.0 Å². The van der Waals surface area contributed by atoms with Crippen LogP contribution < -0.4 is 5.73 Å². The Labute approximate surface area is 83.1 Å². The Morgan fingerprint density at radius 1 is 1.71 bits per heavy atom. The van der Waals surface area contributed by atoms with Gasteiger partial charge in [0.15, 0.2) is 5.78 Å². The highest BCUT2D eigenvalue weighted by Gasteiger charge is 2.17. The van der Waals surface area contributed by atoms with Crippen LogP contribution in [0.4, 0.5) is 5.82 Å². The Bertz CT molecular complexity index is 326. The average molecular weight is 194 g/mol. The molecule has 0 spiro atoms. The minimum atomic E-state index is -0.466. The van der Waals surface area contributed by atoms with E-state index in [1.165, 1.54) is 0 Å². The van der Waals surface area contributed by atoms with Gasteiger partial charge in [0.1, 0.15) is 11.9 Å². The molecular formula is C10H14N2O2. The fraction of sp³-hybridized carbons (Fsp3) is 0.400. The lowest BCUT2D eigenvalue weighted by atomic mass is 10.1. The number of nitrogens with two attached hydrogens (primary N) is 1. The van der Waals surface area contributed by atoms with Crippen LogP contribution in [0, 0.1) is 0 Å². The SMILES string of the molecule is CCOC(C)C(=O)c1cccnc1N. The zero-order valence-electron chi connectivity index (χ0n) is 8.36. The third kappa shape index (κ3) is 2.29. The maximum Gasteiger partial charge on any atom is 0.194 e. The Morgan fingerprint density at radius 2 is 2.43 bits per heavy atom. The molecule has 0 aliphatic rings. The lowest BCUT2D eigenvalue weighted by molar-refractivity contribution is 0.0521. The van der Waals surface area contributed by atoms with Crippen LogP contribution in [0.25, 0.3) is 0 Å². The molecule has 0 aromatic carbocycles. The summed E-state index contributed by atoms with van der Waals surface area (Å²) in [6.45, 7) is 4.06. The summed E-state index contributed by atoms with van der Waals surface area (Å²) in [4.78, 5) is 15.6. The monoisotopic (exact) mass is 194 g/mol. The number of carbonyl (C=O) groups excluding carboxylic acids is 1. The van der Waals surface area contributed by atoms with Crippen molar-refractivity contribution < 1.29 is 9.53 Å². The number of pyridine rings is 1. The van der Waals surface area contributed by atoms with Gasteiger partial charge in [-0.3, -0.25) is 4.79 Å².